The second-order valence-corrected chi connectivity index (χ2v) is 5.62. The van der Waals surface area contributed by atoms with Crippen molar-refractivity contribution in [2.45, 2.75) is 13.5 Å². The first-order valence-electron chi connectivity index (χ1n) is 7.11. The van der Waals surface area contributed by atoms with Gasteiger partial charge in [0.2, 0.25) is 11.7 Å². The number of nitrogens with zero attached hydrogens (tertiary/aromatic N) is 4. The molecular weight excluding hydrogens is 333 g/mol. The van der Waals surface area contributed by atoms with E-state index in [2.05, 4.69) is 20.7 Å². The summed E-state index contributed by atoms with van der Waals surface area (Å²) in [4.78, 5) is 13.1. The van der Waals surface area contributed by atoms with Crippen LogP contribution in [0.5, 0.6) is 0 Å². The minimum Gasteiger partial charge on any atom is -0.322 e. The number of carbonyl (C=O) groups excluding carboxylic acids is 1. The molecule has 0 spiro atoms. The van der Waals surface area contributed by atoms with Gasteiger partial charge in [-0.25, -0.2) is 4.39 Å². The van der Waals surface area contributed by atoms with E-state index < -0.39 is 11.7 Å². The van der Waals surface area contributed by atoms with E-state index in [1.807, 2.05) is 31.2 Å². The highest BCUT2D eigenvalue weighted by Gasteiger charge is 2.11. The van der Waals surface area contributed by atoms with Gasteiger partial charge in [-0.05, 0) is 30.3 Å². The maximum Gasteiger partial charge on any atom is 0.248 e. The maximum absolute atomic E-state index is 13.7. The van der Waals surface area contributed by atoms with E-state index in [9.17, 15) is 9.18 Å². The number of hydrogen-bond donors (Lipinski definition) is 1. The summed E-state index contributed by atoms with van der Waals surface area (Å²) in [7, 11) is 0. The maximum atomic E-state index is 13.7. The molecule has 6 nitrogen and oxygen atoms in total. The summed E-state index contributed by atoms with van der Waals surface area (Å²) in [5.41, 5.74) is 1.97. The van der Waals surface area contributed by atoms with Gasteiger partial charge in [-0.15, -0.1) is 10.2 Å². The molecule has 0 saturated heterocycles. The van der Waals surface area contributed by atoms with Crippen LogP contribution >= 0.6 is 11.6 Å². The van der Waals surface area contributed by atoms with Crippen LogP contribution in [-0.4, -0.2) is 26.1 Å². The molecule has 0 aliphatic carbocycles. The quantitative estimate of drug-likeness (QED) is 0.788. The Labute approximate surface area is 142 Å². The number of rotatable bonds is 4. The van der Waals surface area contributed by atoms with Gasteiger partial charge in [0.05, 0.1) is 5.69 Å². The number of nitrogens with one attached hydrogen (secondary N) is 1. The summed E-state index contributed by atoms with van der Waals surface area (Å²) in [6.07, 6.45) is 0. The van der Waals surface area contributed by atoms with Crippen LogP contribution in [0.3, 0.4) is 0 Å². The van der Waals surface area contributed by atoms with Gasteiger partial charge >= 0.3 is 0 Å². The Morgan fingerprint density at radius 3 is 2.71 bits per heavy atom. The second-order valence-electron chi connectivity index (χ2n) is 5.18. The standard InChI is InChI=1S/C16H13ClFN5O/c1-10-2-4-11(5-3-10)16-20-22-23(21-16)9-15(24)19-14-7-6-12(17)8-13(14)18/h2-8H,9H2,1H3,(H,19,24). The molecule has 3 rings (SSSR count). The number of anilines is 1. The Hall–Kier alpha value is -2.80. The lowest BCUT2D eigenvalue weighted by Gasteiger charge is -2.05. The Balaban J connectivity index is 1.68. The van der Waals surface area contributed by atoms with Crippen LogP contribution in [0.2, 0.25) is 5.02 Å². The van der Waals surface area contributed by atoms with Crippen molar-refractivity contribution in [2.24, 2.45) is 0 Å². The van der Waals surface area contributed by atoms with Gasteiger partial charge in [0.1, 0.15) is 12.4 Å². The van der Waals surface area contributed by atoms with E-state index in [1.165, 1.54) is 12.1 Å². The van der Waals surface area contributed by atoms with Crippen LogP contribution in [0.1, 0.15) is 5.56 Å². The predicted molar refractivity (Wildman–Crippen MR) is 88.0 cm³/mol. The first kappa shape index (κ1) is 16.1. The molecule has 0 radical (unpaired) electrons. The van der Waals surface area contributed by atoms with Crippen LogP contribution in [-0.2, 0) is 11.3 Å². The third kappa shape index (κ3) is 3.75. The highest BCUT2D eigenvalue weighted by molar-refractivity contribution is 6.30. The molecule has 0 aliphatic rings. The largest absolute Gasteiger partial charge is 0.322 e. The molecule has 24 heavy (non-hydrogen) atoms. The molecule has 1 aromatic heterocycles. The third-order valence-corrected chi connectivity index (χ3v) is 3.49. The van der Waals surface area contributed by atoms with E-state index in [4.69, 9.17) is 11.6 Å². The molecule has 0 atom stereocenters. The fourth-order valence-electron chi connectivity index (χ4n) is 2.04. The van der Waals surface area contributed by atoms with Gasteiger partial charge in [-0.3, -0.25) is 4.79 Å². The van der Waals surface area contributed by atoms with E-state index in [1.54, 1.807) is 0 Å². The summed E-state index contributed by atoms with van der Waals surface area (Å²) in [6, 6.07) is 11.6. The fourth-order valence-corrected chi connectivity index (χ4v) is 2.20. The number of carbonyl (C=O) groups is 1. The molecule has 0 unspecified atom stereocenters. The lowest BCUT2D eigenvalue weighted by Crippen LogP contribution is -2.21. The molecule has 1 amide bonds. The molecule has 0 bridgehead atoms. The zero-order valence-electron chi connectivity index (χ0n) is 12.7. The minimum atomic E-state index is -0.609. The van der Waals surface area contributed by atoms with Crippen molar-refractivity contribution in [3.8, 4) is 11.4 Å². The first-order chi connectivity index (χ1) is 11.5. The first-order valence-corrected chi connectivity index (χ1v) is 7.49. The lowest BCUT2D eigenvalue weighted by atomic mass is 10.1. The highest BCUT2D eigenvalue weighted by Crippen LogP contribution is 2.19. The SMILES string of the molecule is Cc1ccc(-c2nnn(CC(=O)Nc3ccc(Cl)cc3F)n2)cc1. The van der Waals surface area contributed by atoms with Crippen LogP contribution in [0, 0.1) is 12.7 Å². The predicted octanol–water partition coefficient (Wildman–Crippen LogP) is 3.08. The normalized spacial score (nSPS) is 10.6. The van der Waals surface area contributed by atoms with Gasteiger partial charge in [0.25, 0.3) is 0 Å². The molecule has 2 aromatic carbocycles. The molecule has 3 aromatic rings. The Morgan fingerprint density at radius 2 is 2.00 bits per heavy atom. The van der Waals surface area contributed by atoms with E-state index >= 15 is 0 Å². The van der Waals surface area contributed by atoms with Crippen molar-refractivity contribution in [3.63, 3.8) is 0 Å². The van der Waals surface area contributed by atoms with Crippen molar-refractivity contribution in [1.82, 2.24) is 20.2 Å². The fraction of sp³-hybridized carbons (Fsp3) is 0.125. The summed E-state index contributed by atoms with van der Waals surface area (Å²) in [5.74, 6) is -0.660. The number of benzene rings is 2. The number of halogens is 2. The average Bonchev–Trinajstić information content (AvgIpc) is 2.99. The molecule has 0 saturated carbocycles. The molecule has 1 heterocycles. The summed E-state index contributed by atoms with van der Waals surface area (Å²) in [6.45, 7) is 1.80. The number of tetrazole rings is 1. The van der Waals surface area contributed by atoms with Crippen molar-refractivity contribution < 1.29 is 9.18 Å². The number of aryl methyl sites for hydroxylation is 1. The summed E-state index contributed by atoms with van der Waals surface area (Å²) < 4.78 is 13.7. The molecule has 8 heteroatoms. The highest BCUT2D eigenvalue weighted by atomic mass is 35.5. The van der Waals surface area contributed by atoms with Crippen LogP contribution in [0.4, 0.5) is 10.1 Å². The number of hydrogen-bond acceptors (Lipinski definition) is 4. The lowest BCUT2D eigenvalue weighted by molar-refractivity contribution is -0.117. The van der Waals surface area contributed by atoms with E-state index in [-0.39, 0.29) is 17.3 Å². The van der Waals surface area contributed by atoms with E-state index in [0.717, 1.165) is 22.0 Å². The van der Waals surface area contributed by atoms with Crippen molar-refractivity contribution in [1.29, 1.82) is 0 Å². The third-order valence-electron chi connectivity index (χ3n) is 3.25. The number of amides is 1. The second kappa shape index (κ2) is 6.76. The molecule has 0 aliphatic heterocycles. The zero-order valence-corrected chi connectivity index (χ0v) is 13.5. The molecular formula is C16H13ClFN5O. The van der Waals surface area contributed by atoms with E-state index in [0.29, 0.717) is 5.82 Å². The summed E-state index contributed by atoms with van der Waals surface area (Å²) in [5, 5.41) is 14.6. The van der Waals surface area contributed by atoms with Gasteiger partial charge in [0, 0.05) is 10.6 Å². The van der Waals surface area contributed by atoms with Gasteiger partial charge in [-0.1, -0.05) is 41.4 Å². The number of aromatic nitrogens is 4. The Morgan fingerprint density at radius 1 is 1.25 bits per heavy atom. The molecule has 0 fully saturated rings. The monoisotopic (exact) mass is 345 g/mol. The van der Waals surface area contributed by atoms with Crippen LogP contribution in [0.25, 0.3) is 11.4 Å². The van der Waals surface area contributed by atoms with Crippen molar-refractivity contribution >= 4 is 23.2 Å². The van der Waals surface area contributed by atoms with Crippen molar-refractivity contribution in [3.05, 3.63) is 58.9 Å². The smallest absolute Gasteiger partial charge is 0.248 e. The summed E-state index contributed by atoms with van der Waals surface area (Å²) >= 11 is 5.67. The van der Waals surface area contributed by atoms with Gasteiger partial charge in [0.15, 0.2) is 0 Å². The van der Waals surface area contributed by atoms with Crippen LogP contribution in [0.15, 0.2) is 42.5 Å². The molecule has 1 N–H and O–H groups in total. The van der Waals surface area contributed by atoms with Gasteiger partial charge < -0.3 is 5.32 Å². The molecule has 122 valence electrons. The van der Waals surface area contributed by atoms with Crippen molar-refractivity contribution in [2.75, 3.05) is 5.32 Å². The Bertz CT molecular complexity index is 878. The van der Waals surface area contributed by atoms with Gasteiger partial charge in [-0.2, -0.15) is 4.80 Å². The Kier molecular flexibility index (Phi) is 4.52. The topological polar surface area (TPSA) is 72.7 Å². The average molecular weight is 346 g/mol. The van der Waals surface area contributed by atoms with Crippen LogP contribution < -0.4 is 5.32 Å². The minimum absolute atomic E-state index is 0.0447. The zero-order chi connectivity index (χ0) is 17.1.